The van der Waals surface area contributed by atoms with Gasteiger partial charge in [0.25, 0.3) is 5.91 Å². The van der Waals surface area contributed by atoms with E-state index in [1.165, 1.54) is 12.1 Å². The van der Waals surface area contributed by atoms with Crippen molar-refractivity contribution in [3.05, 3.63) is 59.7 Å². The molecule has 3 nitrogen and oxygen atoms in total. The number of nitrogens with one attached hydrogen (secondary N) is 2. The van der Waals surface area contributed by atoms with Crippen molar-refractivity contribution in [2.45, 2.75) is 17.6 Å². The number of rotatable bonds is 6. The SMILES string of the molecule is CSc1ccccc1NC(=O)C[NH+](C)Cc1ccc(C(F)(F)F)cc1. The number of alkyl halides is 3. The lowest BCUT2D eigenvalue weighted by molar-refractivity contribution is -0.885. The zero-order chi connectivity index (χ0) is 18.4. The molecule has 25 heavy (non-hydrogen) atoms. The molecule has 0 aliphatic carbocycles. The average Bonchev–Trinajstić information content (AvgIpc) is 2.54. The van der Waals surface area contributed by atoms with Crippen LogP contribution in [0.2, 0.25) is 0 Å². The summed E-state index contributed by atoms with van der Waals surface area (Å²) in [5.41, 5.74) is 0.852. The normalized spacial score (nSPS) is 12.7. The third-order valence-electron chi connectivity index (χ3n) is 3.63. The summed E-state index contributed by atoms with van der Waals surface area (Å²) in [5.74, 6) is -0.133. The number of carbonyl (C=O) groups is 1. The van der Waals surface area contributed by atoms with E-state index in [-0.39, 0.29) is 12.5 Å². The van der Waals surface area contributed by atoms with Crippen LogP contribution in [0.15, 0.2) is 53.4 Å². The lowest BCUT2D eigenvalue weighted by Crippen LogP contribution is -3.08. The number of hydrogen-bond acceptors (Lipinski definition) is 2. The number of amides is 1. The molecular weight excluding hydrogens is 349 g/mol. The fourth-order valence-corrected chi connectivity index (χ4v) is 2.99. The van der Waals surface area contributed by atoms with Crippen LogP contribution in [0, 0.1) is 0 Å². The van der Waals surface area contributed by atoms with E-state index in [0.717, 1.165) is 33.2 Å². The summed E-state index contributed by atoms with van der Waals surface area (Å²) in [6.45, 7) is 0.694. The number of anilines is 1. The Morgan fingerprint density at radius 1 is 1.12 bits per heavy atom. The minimum Gasteiger partial charge on any atom is -0.326 e. The van der Waals surface area contributed by atoms with E-state index in [4.69, 9.17) is 0 Å². The van der Waals surface area contributed by atoms with Gasteiger partial charge in [-0.1, -0.05) is 24.3 Å². The molecule has 1 atom stereocenters. The molecular formula is C18H20F3N2OS+. The molecule has 7 heteroatoms. The molecule has 0 saturated carbocycles. The summed E-state index contributed by atoms with van der Waals surface area (Å²) in [7, 11) is 1.83. The molecule has 0 bridgehead atoms. The van der Waals surface area contributed by atoms with Crippen molar-refractivity contribution in [3.63, 3.8) is 0 Å². The maximum Gasteiger partial charge on any atom is 0.416 e. The number of carbonyl (C=O) groups excluding carboxylic acids is 1. The van der Waals surface area contributed by atoms with Gasteiger partial charge in [0, 0.05) is 10.5 Å². The topological polar surface area (TPSA) is 33.5 Å². The Kier molecular flexibility index (Phi) is 6.50. The number of hydrogen-bond donors (Lipinski definition) is 2. The Hall–Kier alpha value is -1.99. The van der Waals surface area contributed by atoms with Crippen LogP contribution in [0.25, 0.3) is 0 Å². The van der Waals surface area contributed by atoms with Gasteiger partial charge in [0.1, 0.15) is 6.54 Å². The molecule has 0 aliphatic heterocycles. The monoisotopic (exact) mass is 369 g/mol. The van der Waals surface area contributed by atoms with Crippen molar-refractivity contribution in [2.75, 3.05) is 25.2 Å². The molecule has 2 rings (SSSR count). The first kappa shape index (κ1) is 19.3. The lowest BCUT2D eigenvalue weighted by Gasteiger charge is -2.15. The molecule has 2 aromatic rings. The average molecular weight is 369 g/mol. The van der Waals surface area contributed by atoms with Gasteiger partial charge in [-0.05, 0) is 30.5 Å². The minimum absolute atomic E-state index is 0.133. The second-order valence-corrected chi connectivity index (χ2v) is 6.60. The summed E-state index contributed by atoms with van der Waals surface area (Å²) in [6.07, 6.45) is -2.39. The number of halogens is 3. The number of thioether (sulfide) groups is 1. The van der Waals surface area contributed by atoms with Crippen LogP contribution < -0.4 is 10.2 Å². The van der Waals surface area contributed by atoms with Gasteiger partial charge >= 0.3 is 6.18 Å². The number of quaternary nitrogens is 1. The first-order valence-electron chi connectivity index (χ1n) is 7.70. The van der Waals surface area contributed by atoms with E-state index in [0.29, 0.717) is 6.54 Å². The highest BCUT2D eigenvalue weighted by Gasteiger charge is 2.30. The van der Waals surface area contributed by atoms with Crippen molar-refractivity contribution in [1.29, 1.82) is 0 Å². The molecule has 134 valence electrons. The summed E-state index contributed by atoms with van der Waals surface area (Å²) in [5, 5.41) is 2.88. The molecule has 0 aliphatic rings. The quantitative estimate of drug-likeness (QED) is 0.768. The number of likely N-dealkylation sites (N-methyl/N-ethyl adjacent to an activating group) is 1. The van der Waals surface area contributed by atoms with Gasteiger partial charge in [-0.25, -0.2) is 0 Å². The Labute approximate surface area is 149 Å². The predicted octanol–water partition coefficient (Wildman–Crippen LogP) is 3.08. The van der Waals surface area contributed by atoms with Gasteiger partial charge in [-0.15, -0.1) is 11.8 Å². The highest BCUT2D eigenvalue weighted by molar-refractivity contribution is 7.98. The third kappa shape index (κ3) is 5.79. The van der Waals surface area contributed by atoms with Crippen LogP contribution >= 0.6 is 11.8 Å². The molecule has 2 aromatic carbocycles. The van der Waals surface area contributed by atoms with Crippen molar-refractivity contribution in [1.82, 2.24) is 0 Å². The molecule has 1 amide bonds. The maximum atomic E-state index is 12.6. The Balaban J connectivity index is 1.91. The lowest BCUT2D eigenvalue weighted by atomic mass is 10.1. The van der Waals surface area contributed by atoms with Crippen LogP contribution in [-0.2, 0) is 17.5 Å². The van der Waals surface area contributed by atoms with E-state index in [1.54, 1.807) is 11.8 Å². The zero-order valence-corrected chi connectivity index (χ0v) is 14.8. The molecule has 0 spiro atoms. The smallest absolute Gasteiger partial charge is 0.326 e. The van der Waals surface area contributed by atoms with E-state index < -0.39 is 11.7 Å². The van der Waals surface area contributed by atoms with Gasteiger partial charge in [0.05, 0.1) is 18.3 Å². The number of benzene rings is 2. The highest BCUT2D eigenvalue weighted by Crippen LogP contribution is 2.29. The second-order valence-electron chi connectivity index (χ2n) is 5.75. The van der Waals surface area contributed by atoms with Gasteiger partial charge in [-0.2, -0.15) is 13.2 Å². The Morgan fingerprint density at radius 3 is 2.36 bits per heavy atom. The zero-order valence-electron chi connectivity index (χ0n) is 14.0. The van der Waals surface area contributed by atoms with Crippen molar-refractivity contribution < 1.29 is 22.9 Å². The van der Waals surface area contributed by atoms with E-state index in [1.807, 2.05) is 37.6 Å². The van der Waals surface area contributed by atoms with Gasteiger partial charge < -0.3 is 10.2 Å². The second kappa shape index (κ2) is 8.40. The molecule has 0 radical (unpaired) electrons. The predicted molar refractivity (Wildman–Crippen MR) is 93.8 cm³/mol. The first-order valence-corrected chi connectivity index (χ1v) is 8.92. The van der Waals surface area contributed by atoms with Crippen LogP contribution in [0.5, 0.6) is 0 Å². The summed E-state index contributed by atoms with van der Waals surface area (Å²) >= 11 is 1.55. The molecule has 0 fully saturated rings. The van der Waals surface area contributed by atoms with Gasteiger partial charge in [-0.3, -0.25) is 4.79 Å². The third-order valence-corrected chi connectivity index (χ3v) is 4.43. The van der Waals surface area contributed by atoms with E-state index >= 15 is 0 Å². The van der Waals surface area contributed by atoms with Crippen LogP contribution in [0.3, 0.4) is 0 Å². The van der Waals surface area contributed by atoms with Crippen molar-refractivity contribution >= 4 is 23.4 Å². The van der Waals surface area contributed by atoms with E-state index in [2.05, 4.69) is 5.32 Å². The molecule has 1 unspecified atom stereocenters. The highest BCUT2D eigenvalue weighted by atomic mass is 32.2. The minimum atomic E-state index is -4.33. The van der Waals surface area contributed by atoms with Crippen LogP contribution in [-0.4, -0.2) is 25.8 Å². The fraction of sp³-hybridized carbons (Fsp3) is 0.278. The molecule has 2 N–H and O–H groups in total. The standard InChI is InChI=1S/C18H19F3N2OS/c1-23(11-13-7-9-14(10-8-13)18(19,20)21)12-17(24)22-15-5-3-4-6-16(15)25-2/h3-10H,11-12H2,1-2H3,(H,22,24)/p+1. The summed E-state index contributed by atoms with van der Waals surface area (Å²) < 4.78 is 37.7. The molecule has 0 heterocycles. The van der Waals surface area contributed by atoms with Crippen LogP contribution in [0.4, 0.5) is 18.9 Å². The van der Waals surface area contributed by atoms with Gasteiger partial charge in [0.2, 0.25) is 0 Å². The van der Waals surface area contributed by atoms with E-state index in [9.17, 15) is 18.0 Å². The maximum absolute atomic E-state index is 12.6. The first-order chi connectivity index (χ1) is 11.8. The fourth-order valence-electron chi connectivity index (χ4n) is 2.44. The molecule has 0 aromatic heterocycles. The summed E-state index contributed by atoms with van der Waals surface area (Å²) in [4.78, 5) is 14.0. The number of para-hydroxylation sites is 1. The van der Waals surface area contributed by atoms with Crippen molar-refractivity contribution in [3.8, 4) is 0 Å². The Bertz CT molecular complexity index is 717. The molecule has 0 saturated heterocycles. The summed E-state index contributed by atoms with van der Waals surface area (Å²) in [6, 6.07) is 12.6. The Morgan fingerprint density at radius 2 is 1.76 bits per heavy atom. The van der Waals surface area contributed by atoms with Crippen molar-refractivity contribution in [2.24, 2.45) is 0 Å². The van der Waals surface area contributed by atoms with Gasteiger partial charge in [0.15, 0.2) is 6.54 Å². The van der Waals surface area contributed by atoms with Crippen LogP contribution in [0.1, 0.15) is 11.1 Å². The largest absolute Gasteiger partial charge is 0.416 e.